The van der Waals surface area contributed by atoms with E-state index in [1.807, 2.05) is 0 Å². The van der Waals surface area contributed by atoms with Crippen LogP contribution >= 0.6 is 36.7 Å². The van der Waals surface area contributed by atoms with Crippen LogP contribution in [0.2, 0.25) is 0 Å². The Labute approximate surface area is 105 Å². The van der Waals surface area contributed by atoms with Gasteiger partial charge in [-0.25, -0.2) is 0 Å². The van der Waals surface area contributed by atoms with E-state index in [-0.39, 0.29) is 17.1 Å². The van der Waals surface area contributed by atoms with Crippen LogP contribution in [-0.4, -0.2) is 14.1 Å². The van der Waals surface area contributed by atoms with Gasteiger partial charge in [-0.15, -0.1) is 0 Å². The van der Waals surface area contributed by atoms with Crippen LogP contribution in [-0.2, 0) is 55.0 Å². The van der Waals surface area contributed by atoms with Crippen molar-refractivity contribution in [1.82, 2.24) is 0 Å². The standard InChI is InChI=1S/3CH2S2.Fe/c3*2-1-3;/h3*1H,(H,2,3);/q;;;+3/p-3. The Morgan fingerprint density at radius 1 is 0.700 bits per heavy atom. The Hall–Kier alpha value is 1.45. The van der Waals surface area contributed by atoms with Crippen molar-refractivity contribution in [1.29, 1.82) is 0 Å². The number of hydrogen-bond donors (Lipinski definition) is 0. The molecule has 0 aliphatic heterocycles. The zero-order valence-electron chi connectivity index (χ0n) is 4.54. The SMILES string of the molecule is S=C[S-].S=C[S-].S=C[S-].[Fe+3]. The minimum Gasteiger partial charge on any atom is -0.436 e. The summed E-state index contributed by atoms with van der Waals surface area (Å²) in [4.78, 5) is 0. The molecule has 0 aromatic carbocycles. The fourth-order valence-corrected chi connectivity index (χ4v) is 0. The van der Waals surface area contributed by atoms with E-state index in [9.17, 15) is 0 Å². The van der Waals surface area contributed by atoms with E-state index < -0.39 is 0 Å². The van der Waals surface area contributed by atoms with Crippen molar-refractivity contribution < 1.29 is 17.1 Å². The van der Waals surface area contributed by atoms with Crippen LogP contribution in [0.4, 0.5) is 0 Å². The summed E-state index contributed by atoms with van der Waals surface area (Å²) < 4.78 is 3.50. The first-order valence-electron chi connectivity index (χ1n) is 1.41. The van der Waals surface area contributed by atoms with E-state index in [1.165, 1.54) is 14.1 Å². The molecule has 0 aromatic rings. The summed E-state index contributed by atoms with van der Waals surface area (Å²) in [7, 11) is 0. The summed E-state index contributed by atoms with van der Waals surface area (Å²) in [6.07, 6.45) is 0. The van der Waals surface area contributed by atoms with Crippen molar-refractivity contribution in [2.24, 2.45) is 0 Å². The Balaban J connectivity index is -0.0000000257. The van der Waals surface area contributed by atoms with Gasteiger partial charge in [0.05, 0.1) is 0 Å². The van der Waals surface area contributed by atoms with Crippen LogP contribution < -0.4 is 0 Å². The van der Waals surface area contributed by atoms with Crippen LogP contribution in [0.15, 0.2) is 0 Å². The molecule has 0 nitrogen and oxygen atoms in total. The van der Waals surface area contributed by atoms with Gasteiger partial charge in [0, 0.05) is 0 Å². The summed E-state index contributed by atoms with van der Waals surface area (Å²) in [5.41, 5.74) is 0. The summed E-state index contributed by atoms with van der Waals surface area (Å²) in [5, 5.41) is 0. The van der Waals surface area contributed by atoms with Crippen molar-refractivity contribution >= 4 is 88.6 Å². The summed E-state index contributed by atoms with van der Waals surface area (Å²) >= 11 is 24.5. The molecule has 0 amide bonds. The minimum absolute atomic E-state index is 0. The van der Waals surface area contributed by atoms with Gasteiger partial charge in [0.15, 0.2) is 0 Å². The summed E-state index contributed by atoms with van der Waals surface area (Å²) in [6, 6.07) is 0. The van der Waals surface area contributed by atoms with E-state index >= 15 is 0 Å². The average Bonchev–Trinajstić information content (AvgIpc) is 1.70. The average molecular weight is 287 g/mol. The Morgan fingerprint density at radius 2 is 0.700 bits per heavy atom. The third kappa shape index (κ3) is 321. The van der Waals surface area contributed by atoms with E-state index in [2.05, 4.69) is 74.5 Å². The van der Waals surface area contributed by atoms with Gasteiger partial charge in [0.1, 0.15) is 0 Å². The fraction of sp³-hybridized carbons (Fsp3) is 0. The van der Waals surface area contributed by atoms with Crippen LogP contribution in [0.3, 0.4) is 0 Å². The topological polar surface area (TPSA) is 0 Å². The zero-order valence-corrected chi connectivity index (χ0v) is 10.5. The second-order valence-electron chi connectivity index (χ2n) is 0.289. The van der Waals surface area contributed by atoms with Gasteiger partial charge < -0.3 is 74.5 Å². The second kappa shape index (κ2) is 47.1. The third-order valence-corrected chi connectivity index (χ3v) is 0. The first-order chi connectivity index (χ1) is 4.24. The van der Waals surface area contributed by atoms with Gasteiger partial charge in [-0.2, -0.15) is 14.1 Å². The second-order valence-corrected chi connectivity index (χ2v) is 2.60. The summed E-state index contributed by atoms with van der Waals surface area (Å²) in [5.74, 6) is 0. The maximum atomic E-state index is 4.08. The minimum atomic E-state index is 0. The molecule has 0 saturated heterocycles. The van der Waals surface area contributed by atoms with Crippen molar-refractivity contribution in [2.75, 3.05) is 0 Å². The molecule has 0 N–H and O–H groups in total. The van der Waals surface area contributed by atoms with Crippen LogP contribution in [0.5, 0.6) is 0 Å². The molecular weight excluding hydrogens is 284 g/mol. The molecule has 1 radical (unpaired) electrons. The van der Waals surface area contributed by atoms with E-state index in [4.69, 9.17) is 0 Å². The Morgan fingerprint density at radius 3 is 0.700 bits per heavy atom. The van der Waals surface area contributed by atoms with Crippen molar-refractivity contribution in [3.8, 4) is 0 Å². The molecule has 0 unspecified atom stereocenters. The smallest absolute Gasteiger partial charge is 0.436 e. The molecule has 0 aromatic heterocycles. The molecule has 59 valence electrons. The molecule has 0 rings (SSSR count). The Bertz CT molecular complexity index is 49.7. The van der Waals surface area contributed by atoms with Crippen LogP contribution in [0, 0.1) is 0 Å². The third-order valence-electron chi connectivity index (χ3n) is 0. The maximum Gasteiger partial charge on any atom is 3.00 e. The predicted molar refractivity (Wildman–Crippen MR) is 63.1 cm³/mol. The summed E-state index contributed by atoms with van der Waals surface area (Å²) in [6.45, 7) is 0. The maximum absolute atomic E-state index is 4.08. The first-order valence-corrected chi connectivity index (χ1v) is 4.24. The van der Waals surface area contributed by atoms with E-state index in [0.29, 0.717) is 0 Å². The quantitative estimate of drug-likeness (QED) is 0.373. The molecule has 0 fully saturated rings. The molecule has 0 aliphatic carbocycles. The molecule has 0 atom stereocenters. The van der Waals surface area contributed by atoms with Gasteiger partial charge in [0.25, 0.3) is 0 Å². The molecule has 0 aliphatic rings. The number of thiocarbonyl (C=S) groups is 3. The van der Waals surface area contributed by atoms with Gasteiger partial charge >= 0.3 is 17.1 Å². The number of rotatable bonds is 0. The predicted octanol–water partition coefficient (Wildman–Crippen LogP) is 1.47. The molecule has 7 heteroatoms. The van der Waals surface area contributed by atoms with Gasteiger partial charge in [-0.3, -0.25) is 0 Å². The van der Waals surface area contributed by atoms with Gasteiger partial charge in [-0.05, 0) is 0 Å². The molecule has 0 saturated carbocycles. The largest absolute Gasteiger partial charge is 3.00 e. The molecule has 0 heterocycles. The van der Waals surface area contributed by atoms with Crippen LogP contribution in [0.25, 0.3) is 0 Å². The van der Waals surface area contributed by atoms with Gasteiger partial charge in [0.2, 0.25) is 0 Å². The van der Waals surface area contributed by atoms with E-state index in [0.717, 1.165) is 0 Å². The molecule has 10 heavy (non-hydrogen) atoms. The monoisotopic (exact) mass is 287 g/mol. The number of hydrogen-bond acceptors (Lipinski definition) is 6. The molecule has 0 bridgehead atoms. The Kier molecular flexibility index (Phi) is 106. The molecular formula is C3H3FeS6. The first kappa shape index (κ1) is 22.5. The zero-order chi connectivity index (χ0) is 8.12. The van der Waals surface area contributed by atoms with Crippen molar-refractivity contribution in [2.45, 2.75) is 0 Å². The van der Waals surface area contributed by atoms with Crippen LogP contribution in [0.1, 0.15) is 0 Å². The van der Waals surface area contributed by atoms with Crippen molar-refractivity contribution in [3.05, 3.63) is 0 Å². The van der Waals surface area contributed by atoms with Gasteiger partial charge in [-0.1, -0.05) is 0 Å². The normalized spacial score (nSPS) is 3.60. The van der Waals surface area contributed by atoms with E-state index in [1.54, 1.807) is 0 Å². The molecule has 0 spiro atoms. The van der Waals surface area contributed by atoms with Crippen molar-refractivity contribution in [3.63, 3.8) is 0 Å². The fourth-order valence-electron chi connectivity index (χ4n) is 0.